The molecule has 0 bridgehead atoms. The molecule has 0 saturated heterocycles. The number of halogens is 1. The van der Waals surface area contributed by atoms with Crippen LogP contribution in [0.5, 0.6) is 0 Å². The lowest BCUT2D eigenvalue weighted by molar-refractivity contribution is -0.140. The van der Waals surface area contributed by atoms with Crippen LogP contribution in [0, 0.1) is 0 Å². The molecule has 0 amide bonds. The van der Waals surface area contributed by atoms with Crippen molar-refractivity contribution in [3.63, 3.8) is 0 Å². The lowest BCUT2D eigenvalue weighted by atomic mass is 10.1. The minimum Gasteiger partial charge on any atom is -0.353 e. The van der Waals surface area contributed by atoms with Crippen LogP contribution >= 0.6 is 22.6 Å². The zero-order valence-electron chi connectivity index (χ0n) is 13.4. The minimum atomic E-state index is 0.0213. The molecule has 120 valence electrons. The second-order valence-corrected chi connectivity index (χ2v) is 6.07. The highest BCUT2D eigenvalue weighted by atomic mass is 127. The third-order valence-corrected chi connectivity index (χ3v) is 3.83. The molecule has 0 aliphatic rings. The molecule has 0 radical (unpaired) electrons. The van der Waals surface area contributed by atoms with E-state index in [1.807, 2.05) is 13.8 Å². The fourth-order valence-electron chi connectivity index (χ4n) is 2.17. The number of allylic oxidation sites excluding steroid dienone is 2. The third-order valence-electron chi connectivity index (χ3n) is 3.21. The van der Waals surface area contributed by atoms with E-state index < -0.39 is 0 Å². The Morgan fingerprint density at radius 1 is 0.800 bits per heavy atom. The first-order valence-corrected chi connectivity index (χ1v) is 9.81. The second-order valence-electron chi connectivity index (χ2n) is 4.99. The molecule has 0 N–H and O–H groups in total. The van der Waals surface area contributed by atoms with E-state index in [0.717, 1.165) is 19.6 Å². The molecule has 0 atom stereocenters. The standard InChI is InChI=1S/C17H33IO2/c1-3-19-17(20-4-2)15-13-11-9-7-5-6-8-10-12-14-16-18/h10,12,17H,3-9,11,13-16H2,1-2H3/b12-10-. The first-order valence-electron chi connectivity index (χ1n) is 8.29. The highest BCUT2D eigenvalue weighted by Crippen LogP contribution is 2.12. The van der Waals surface area contributed by atoms with Crippen molar-refractivity contribution in [2.75, 3.05) is 17.6 Å². The van der Waals surface area contributed by atoms with Crippen LogP contribution in [-0.2, 0) is 9.47 Å². The van der Waals surface area contributed by atoms with Crippen molar-refractivity contribution in [3.8, 4) is 0 Å². The monoisotopic (exact) mass is 396 g/mol. The molecule has 3 heteroatoms. The van der Waals surface area contributed by atoms with E-state index in [4.69, 9.17) is 9.47 Å². The lowest BCUT2D eigenvalue weighted by Gasteiger charge is -2.16. The predicted octanol–water partition coefficient (Wildman–Crippen LogP) is 5.89. The maximum atomic E-state index is 5.54. The van der Waals surface area contributed by atoms with Gasteiger partial charge in [0, 0.05) is 17.6 Å². The number of hydrogen-bond donors (Lipinski definition) is 0. The fourth-order valence-corrected chi connectivity index (χ4v) is 2.53. The topological polar surface area (TPSA) is 18.5 Å². The summed E-state index contributed by atoms with van der Waals surface area (Å²) in [5.41, 5.74) is 0. The molecule has 0 heterocycles. The second kappa shape index (κ2) is 17.4. The molecular weight excluding hydrogens is 363 g/mol. The highest BCUT2D eigenvalue weighted by molar-refractivity contribution is 14.1. The Hall–Kier alpha value is 0.390. The molecule has 0 rings (SSSR count). The summed E-state index contributed by atoms with van der Waals surface area (Å²) < 4.78 is 12.3. The van der Waals surface area contributed by atoms with E-state index in [1.165, 1.54) is 55.8 Å². The summed E-state index contributed by atoms with van der Waals surface area (Å²) in [4.78, 5) is 0. The van der Waals surface area contributed by atoms with Crippen LogP contribution in [0.2, 0.25) is 0 Å². The van der Waals surface area contributed by atoms with Gasteiger partial charge in [0.25, 0.3) is 0 Å². The molecule has 0 spiro atoms. The SMILES string of the molecule is CCOC(CCCCCCCC/C=C\CCI)OCC. The third kappa shape index (κ3) is 14.8. The van der Waals surface area contributed by atoms with Crippen molar-refractivity contribution >= 4 is 22.6 Å². The summed E-state index contributed by atoms with van der Waals surface area (Å²) in [5.74, 6) is 0. The van der Waals surface area contributed by atoms with Gasteiger partial charge in [-0.25, -0.2) is 0 Å². The Kier molecular flexibility index (Phi) is 17.8. The van der Waals surface area contributed by atoms with E-state index in [2.05, 4.69) is 34.7 Å². The van der Waals surface area contributed by atoms with E-state index in [0.29, 0.717) is 0 Å². The van der Waals surface area contributed by atoms with Gasteiger partial charge in [0.05, 0.1) is 0 Å². The number of unbranched alkanes of at least 4 members (excludes halogenated alkanes) is 6. The van der Waals surface area contributed by atoms with Crippen LogP contribution < -0.4 is 0 Å². The molecule has 0 aromatic heterocycles. The Morgan fingerprint density at radius 2 is 1.35 bits per heavy atom. The summed E-state index contributed by atoms with van der Waals surface area (Å²) in [6, 6.07) is 0. The van der Waals surface area contributed by atoms with Crippen LogP contribution in [-0.4, -0.2) is 23.9 Å². The van der Waals surface area contributed by atoms with Gasteiger partial charge in [-0.2, -0.15) is 0 Å². The average molecular weight is 396 g/mol. The maximum Gasteiger partial charge on any atom is 0.157 e. The quantitative estimate of drug-likeness (QED) is 0.113. The largest absolute Gasteiger partial charge is 0.353 e. The van der Waals surface area contributed by atoms with Crippen LogP contribution in [0.4, 0.5) is 0 Å². The maximum absolute atomic E-state index is 5.54. The molecule has 0 saturated carbocycles. The molecule has 0 aliphatic heterocycles. The van der Waals surface area contributed by atoms with Gasteiger partial charge < -0.3 is 9.47 Å². The van der Waals surface area contributed by atoms with Crippen molar-refractivity contribution in [1.82, 2.24) is 0 Å². The van der Waals surface area contributed by atoms with Gasteiger partial charge in [-0.05, 0) is 46.0 Å². The van der Waals surface area contributed by atoms with E-state index in [-0.39, 0.29) is 6.29 Å². The molecule has 20 heavy (non-hydrogen) atoms. The van der Waals surface area contributed by atoms with E-state index >= 15 is 0 Å². The van der Waals surface area contributed by atoms with Gasteiger partial charge in [0.1, 0.15) is 0 Å². The molecule has 0 aliphatic carbocycles. The number of alkyl halides is 1. The van der Waals surface area contributed by atoms with Gasteiger partial charge >= 0.3 is 0 Å². The van der Waals surface area contributed by atoms with Crippen molar-refractivity contribution in [3.05, 3.63) is 12.2 Å². The molecule has 0 aromatic carbocycles. The zero-order chi connectivity index (χ0) is 14.9. The van der Waals surface area contributed by atoms with Crippen molar-refractivity contribution in [1.29, 1.82) is 0 Å². The fraction of sp³-hybridized carbons (Fsp3) is 0.882. The van der Waals surface area contributed by atoms with E-state index in [9.17, 15) is 0 Å². The molecule has 0 unspecified atom stereocenters. The smallest absolute Gasteiger partial charge is 0.157 e. The highest BCUT2D eigenvalue weighted by Gasteiger charge is 2.06. The van der Waals surface area contributed by atoms with Crippen molar-refractivity contribution in [2.24, 2.45) is 0 Å². The lowest BCUT2D eigenvalue weighted by Crippen LogP contribution is -2.17. The Bertz CT molecular complexity index is 201. The Labute approximate surface area is 139 Å². The first-order chi connectivity index (χ1) is 9.85. The van der Waals surface area contributed by atoms with Gasteiger partial charge in [-0.15, -0.1) is 0 Å². The Balaban J connectivity index is 3.26. The molecule has 0 fully saturated rings. The summed E-state index contributed by atoms with van der Waals surface area (Å²) in [6.07, 6.45) is 16.2. The van der Waals surface area contributed by atoms with Crippen LogP contribution in [0.3, 0.4) is 0 Å². The van der Waals surface area contributed by atoms with Gasteiger partial charge in [-0.3, -0.25) is 0 Å². The van der Waals surface area contributed by atoms with Gasteiger partial charge in [-0.1, -0.05) is 60.4 Å². The molecule has 2 nitrogen and oxygen atoms in total. The number of hydrogen-bond acceptors (Lipinski definition) is 2. The average Bonchev–Trinajstić information content (AvgIpc) is 2.45. The van der Waals surface area contributed by atoms with Crippen LogP contribution in [0.1, 0.15) is 71.6 Å². The number of ether oxygens (including phenoxy) is 2. The minimum absolute atomic E-state index is 0.0213. The van der Waals surface area contributed by atoms with Crippen LogP contribution in [0.15, 0.2) is 12.2 Å². The van der Waals surface area contributed by atoms with Crippen LogP contribution in [0.25, 0.3) is 0 Å². The Morgan fingerprint density at radius 3 is 1.95 bits per heavy atom. The zero-order valence-corrected chi connectivity index (χ0v) is 15.6. The predicted molar refractivity (Wildman–Crippen MR) is 96.6 cm³/mol. The van der Waals surface area contributed by atoms with Crippen molar-refractivity contribution < 1.29 is 9.47 Å². The van der Waals surface area contributed by atoms with Crippen molar-refractivity contribution in [2.45, 2.75) is 77.9 Å². The molecule has 0 aromatic rings. The first kappa shape index (κ1) is 20.4. The summed E-state index contributed by atoms with van der Waals surface area (Å²) >= 11 is 2.42. The van der Waals surface area contributed by atoms with Gasteiger partial charge in [0.2, 0.25) is 0 Å². The summed E-state index contributed by atoms with van der Waals surface area (Å²) in [7, 11) is 0. The van der Waals surface area contributed by atoms with E-state index in [1.54, 1.807) is 0 Å². The van der Waals surface area contributed by atoms with Gasteiger partial charge in [0.15, 0.2) is 6.29 Å². The summed E-state index contributed by atoms with van der Waals surface area (Å²) in [6.45, 7) is 5.55. The number of rotatable bonds is 15. The summed E-state index contributed by atoms with van der Waals surface area (Å²) in [5, 5.41) is 0. The normalized spacial score (nSPS) is 11.8. The molecular formula is C17H33IO2.